The molecule has 0 saturated carbocycles. The van der Waals surface area contributed by atoms with Gasteiger partial charge >= 0.3 is 0 Å². The van der Waals surface area contributed by atoms with E-state index in [0.717, 1.165) is 0 Å². The number of hydrogen-bond acceptors (Lipinski definition) is 2. The molecule has 1 aromatic rings. The van der Waals surface area contributed by atoms with Crippen LogP contribution >= 0.6 is 12.6 Å². The number of hydrogen-bond donors (Lipinski definition) is 2. The highest BCUT2D eigenvalue weighted by Gasteiger charge is 2.04. The van der Waals surface area contributed by atoms with E-state index in [1.807, 2.05) is 12.1 Å². The molecule has 0 bridgehead atoms. The molecule has 0 radical (unpaired) electrons. The molecular weight excluding hydrogens is 158 g/mol. The van der Waals surface area contributed by atoms with Crippen LogP contribution in [0.5, 0.6) is 0 Å². The van der Waals surface area contributed by atoms with Gasteiger partial charge in [0.25, 0.3) is 5.91 Å². The van der Waals surface area contributed by atoms with Gasteiger partial charge in [0.2, 0.25) is 0 Å². The van der Waals surface area contributed by atoms with Gasteiger partial charge in [-0.1, -0.05) is 12.1 Å². The van der Waals surface area contributed by atoms with Crippen molar-refractivity contribution in [2.75, 3.05) is 7.05 Å². The van der Waals surface area contributed by atoms with Crippen LogP contribution in [0.3, 0.4) is 0 Å². The van der Waals surface area contributed by atoms with Crippen LogP contribution in [0.2, 0.25) is 0 Å². The Morgan fingerprint density at radius 3 is 2.64 bits per heavy atom. The maximum absolute atomic E-state index is 11.1. The summed E-state index contributed by atoms with van der Waals surface area (Å²) in [6.45, 7) is 0. The van der Waals surface area contributed by atoms with E-state index in [1.54, 1.807) is 19.2 Å². The standard InChI is InChI=1S/C8H9NOS/c1-9-8(10)6-4-2-3-5-7(6)11/h2-5,11H,1H3,(H,9,10). The van der Waals surface area contributed by atoms with Gasteiger partial charge in [-0.2, -0.15) is 0 Å². The topological polar surface area (TPSA) is 29.1 Å². The fraction of sp³-hybridized carbons (Fsp3) is 0.125. The Morgan fingerprint density at radius 2 is 2.09 bits per heavy atom. The molecule has 1 amide bonds. The number of carbonyl (C=O) groups excluding carboxylic acids is 1. The second-order valence-electron chi connectivity index (χ2n) is 2.10. The number of amides is 1. The molecule has 2 nitrogen and oxygen atoms in total. The molecule has 3 heteroatoms. The Bertz CT molecular complexity index is 273. The van der Waals surface area contributed by atoms with Crippen LogP contribution in [-0.2, 0) is 0 Å². The first-order valence-electron chi connectivity index (χ1n) is 3.26. The van der Waals surface area contributed by atoms with Gasteiger partial charge < -0.3 is 5.32 Å². The fourth-order valence-corrected chi connectivity index (χ4v) is 1.06. The van der Waals surface area contributed by atoms with Crippen LogP contribution in [0.25, 0.3) is 0 Å². The Morgan fingerprint density at radius 1 is 1.45 bits per heavy atom. The van der Waals surface area contributed by atoms with Gasteiger partial charge in [0.15, 0.2) is 0 Å². The minimum absolute atomic E-state index is 0.101. The summed E-state index contributed by atoms with van der Waals surface area (Å²) in [7, 11) is 1.60. The second-order valence-corrected chi connectivity index (χ2v) is 2.58. The van der Waals surface area contributed by atoms with Gasteiger partial charge in [0, 0.05) is 11.9 Å². The van der Waals surface area contributed by atoms with Gasteiger partial charge in [-0.3, -0.25) is 4.79 Å². The van der Waals surface area contributed by atoms with Crippen molar-refractivity contribution in [2.45, 2.75) is 4.90 Å². The summed E-state index contributed by atoms with van der Waals surface area (Å²) in [4.78, 5) is 11.8. The molecule has 0 aliphatic heterocycles. The molecule has 0 aliphatic carbocycles. The van der Waals surface area contributed by atoms with E-state index < -0.39 is 0 Å². The molecule has 0 aromatic heterocycles. The van der Waals surface area contributed by atoms with Gasteiger partial charge in [0.05, 0.1) is 5.56 Å². The van der Waals surface area contributed by atoms with Gasteiger partial charge in [0.1, 0.15) is 0 Å². The van der Waals surface area contributed by atoms with Gasteiger partial charge in [-0.25, -0.2) is 0 Å². The number of carbonyl (C=O) groups is 1. The van der Waals surface area contributed by atoms with Gasteiger partial charge in [-0.15, -0.1) is 12.6 Å². The largest absolute Gasteiger partial charge is 0.355 e. The van der Waals surface area contributed by atoms with Crippen molar-refractivity contribution in [3.8, 4) is 0 Å². The van der Waals surface area contributed by atoms with Crippen LogP contribution in [0.15, 0.2) is 29.2 Å². The molecule has 0 spiro atoms. The zero-order valence-corrected chi connectivity index (χ0v) is 7.06. The van der Waals surface area contributed by atoms with E-state index in [9.17, 15) is 4.79 Å². The van der Waals surface area contributed by atoms with Crippen molar-refractivity contribution in [2.24, 2.45) is 0 Å². The van der Waals surface area contributed by atoms with Crippen LogP contribution in [-0.4, -0.2) is 13.0 Å². The molecule has 11 heavy (non-hydrogen) atoms. The summed E-state index contributed by atoms with van der Waals surface area (Å²) in [5, 5.41) is 2.53. The van der Waals surface area contributed by atoms with Crippen molar-refractivity contribution in [1.29, 1.82) is 0 Å². The van der Waals surface area contributed by atoms with Crippen molar-refractivity contribution in [3.63, 3.8) is 0 Å². The Kier molecular flexibility index (Phi) is 2.54. The first kappa shape index (κ1) is 8.14. The first-order valence-corrected chi connectivity index (χ1v) is 3.70. The summed E-state index contributed by atoms with van der Waals surface area (Å²) >= 11 is 4.13. The van der Waals surface area contributed by atoms with E-state index in [4.69, 9.17) is 0 Å². The normalized spacial score (nSPS) is 9.27. The first-order chi connectivity index (χ1) is 5.25. The third-order valence-electron chi connectivity index (χ3n) is 1.38. The molecule has 0 saturated heterocycles. The SMILES string of the molecule is CNC(=O)c1ccccc1S. The monoisotopic (exact) mass is 167 g/mol. The summed E-state index contributed by atoms with van der Waals surface area (Å²) in [5.41, 5.74) is 0.610. The lowest BCUT2D eigenvalue weighted by Crippen LogP contribution is -2.18. The van der Waals surface area contributed by atoms with Crippen LogP contribution < -0.4 is 5.32 Å². The zero-order valence-electron chi connectivity index (χ0n) is 6.16. The minimum Gasteiger partial charge on any atom is -0.355 e. The number of thiol groups is 1. The zero-order chi connectivity index (χ0) is 8.27. The molecular formula is C8H9NOS. The Balaban J connectivity index is 3.03. The number of nitrogens with one attached hydrogen (secondary N) is 1. The predicted molar refractivity (Wildman–Crippen MR) is 47.1 cm³/mol. The van der Waals surface area contributed by atoms with Crippen molar-refractivity contribution in [3.05, 3.63) is 29.8 Å². The van der Waals surface area contributed by atoms with E-state index >= 15 is 0 Å². The third kappa shape index (κ3) is 1.74. The maximum Gasteiger partial charge on any atom is 0.252 e. The molecule has 1 rings (SSSR count). The Labute approximate surface area is 71.0 Å². The highest BCUT2D eigenvalue weighted by Crippen LogP contribution is 2.11. The molecule has 0 aliphatic rings. The molecule has 58 valence electrons. The average molecular weight is 167 g/mol. The highest BCUT2D eigenvalue weighted by molar-refractivity contribution is 7.80. The van der Waals surface area contributed by atoms with Crippen molar-refractivity contribution in [1.82, 2.24) is 5.32 Å². The van der Waals surface area contributed by atoms with Gasteiger partial charge in [-0.05, 0) is 12.1 Å². The molecule has 0 heterocycles. The molecule has 0 unspecified atom stereocenters. The molecule has 1 N–H and O–H groups in total. The number of benzene rings is 1. The van der Waals surface area contributed by atoms with E-state index in [0.29, 0.717) is 10.5 Å². The smallest absolute Gasteiger partial charge is 0.252 e. The maximum atomic E-state index is 11.1. The summed E-state index contributed by atoms with van der Waals surface area (Å²) in [6, 6.07) is 7.17. The summed E-state index contributed by atoms with van der Waals surface area (Å²) in [6.07, 6.45) is 0. The second kappa shape index (κ2) is 3.44. The summed E-state index contributed by atoms with van der Waals surface area (Å²) in [5.74, 6) is -0.101. The van der Waals surface area contributed by atoms with E-state index in [-0.39, 0.29) is 5.91 Å². The Hall–Kier alpha value is -0.960. The average Bonchev–Trinajstić information content (AvgIpc) is 2.04. The lowest BCUT2D eigenvalue weighted by Gasteiger charge is -2.01. The van der Waals surface area contributed by atoms with E-state index in [2.05, 4.69) is 17.9 Å². The van der Waals surface area contributed by atoms with Crippen molar-refractivity contribution < 1.29 is 4.79 Å². The minimum atomic E-state index is -0.101. The predicted octanol–water partition coefficient (Wildman–Crippen LogP) is 1.33. The van der Waals surface area contributed by atoms with Crippen LogP contribution in [0.1, 0.15) is 10.4 Å². The highest BCUT2D eigenvalue weighted by atomic mass is 32.1. The van der Waals surface area contributed by atoms with E-state index in [1.165, 1.54) is 0 Å². The van der Waals surface area contributed by atoms with Crippen LogP contribution in [0, 0.1) is 0 Å². The van der Waals surface area contributed by atoms with Crippen molar-refractivity contribution >= 4 is 18.5 Å². The quantitative estimate of drug-likeness (QED) is 0.607. The lowest BCUT2D eigenvalue weighted by molar-refractivity contribution is 0.0960. The fourth-order valence-electron chi connectivity index (χ4n) is 0.800. The molecule has 0 atom stereocenters. The molecule has 0 fully saturated rings. The number of rotatable bonds is 1. The molecule has 1 aromatic carbocycles. The van der Waals surface area contributed by atoms with Crippen LogP contribution in [0.4, 0.5) is 0 Å². The third-order valence-corrected chi connectivity index (χ3v) is 1.77. The summed E-state index contributed by atoms with van der Waals surface area (Å²) < 4.78 is 0. The lowest BCUT2D eigenvalue weighted by atomic mass is 10.2.